The third-order valence-corrected chi connectivity index (χ3v) is 3.72. The molecule has 1 unspecified atom stereocenters. The highest BCUT2D eigenvalue weighted by molar-refractivity contribution is 7.49. The van der Waals surface area contributed by atoms with Gasteiger partial charge in [-0.1, -0.05) is 17.7 Å². The third-order valence-electron chi connectivity index (χ3n) is 2.31. The van der Waals surface area contributed by atoms with Gasteiger partial charge in [0.1, 0.15) is 0 Å². The summed E-state index contributed by atoms with van der Waals surface area (Å²) in [5, 5.41) is 0. The average molecular weight is 272 g/mol. The molecule has 0 N–H and O–H groups in total. The Morgan fingerprint density at radius 1 is 1.33 bits per heavy atom. The first-order valence-corrected chi connectivity index (χ1v) is 6.99. The van der Waals surface area contributed by atoms with E-state index in [1.54, 1.807) is 26.0 Å². The Kier molecular flexibility index (Phi) is 5.08. The summed E-state index contributed by atoms with van der Waals surface area (Å²) in [4.78, 5) is 11.9. The molecule has 0 heterocycles. The molecule has 0 saturated carbocycles. The van der Waals surface area contributed by atoms with Crippen molar-refractivity contribution in [3.63, 3.8) is 0 Å². The van der Waals surface area contributed by atoms with Crippen LogP contribution in [-0.4, -0.2) is 19.7 Å². The van der Waals surface area contributed by atoms with Crippen molar-refractivity contribution in [3.05, 3.63) is 34.9 Å². The molecule has 1 aromatic rings. The van der Waals surface area contributed by atoms with Crippen molar-refractivity contribution in [2.75, 3.05) is 13.7 Å². The lowest BCUT2D eigenvalue weighted by Gasteiger charge is -2.15. The van der Waals surface area contributed by atoms with Crippen LogP contribution in [0.5, 0.6) is 0 Å². The molecule has 0 fully saturated rings. The summed E-state index contributed by atoms with van der Waals surface area (Å²) in [6, 6.07) is 5.25. The van der Waals surface area contributed by atoms with Gasteiger partial charge in [0.05, 0.1) is 12.2 Å². The minimum Gasteiger partial charge on any atom is -0.367 e. The second-order valence-electron chi connectivity index (χ2n) is 3.74. The van der Waals surface area contributed by atoms with E-state index in [4.69, 9.17) is 9.05 Å². The number of benzene rings is 1. The lowest BCUT2D eigenvalue weighted by Crippen LogP contribution is -2.08. The predicted octanol–water partition coefficient (Wildman–Crippen LogP) is 3.25. The van der Waals surface area contributed by atoms with Gasteiger partial charge in [0, 0.05) is 7.11 Å². The zero-order valence-corrected chi connectivity index (χ0v) is 11.8. The summed E-state index contributed by atoms with van der Waals surface area (Å²) >= 11 is 0. The van der Waals surface area contributed by atoms with E-state index in [0.29, 0.717) is 5.56 Å². The van der Waals surface area contributed by atoms with Crippen LogP contribution >= 0.6 is 7.82 Å². The number of carbonyl (C=O) groups is 1. The Bertz CT molecular complexity index is 483. The molecule has 18 heavy (non-hydrogen) atoms. The van der Waals surface area contributed by atoms with Gasteiger partial charge in [-0.25, -0.2) is 9.36 Å². The van der Waals surface area contributed by atoms with Gasteiger partial charge in [0.2, 0.25) is 0 Å². The number of carbonyl (C=O) groups excluding carboxylic acids is 1. The number of phosphoric ester groups is 1. The second kappa shape index (κ2) is 6.14. The van der Waals surface area contributed by atoms with Gasteiger partial charge in [0.25, 0.3) is 0 Å². The fourth-order valence-electron chi connectivity index (χ4n) is 1.47. The molecule has 1 atom stereocenters. The molecule has 0 radical (unpaired) electrons. The zero-order chi connectivity index (χ0) is 13.8. The number of hydrogen-bond donors (Lipinski definition) is 0. The van der Waals surface area contributed by atoms with Gasteiger partial charge in [0.15, 0.2) is 0 Å². The Morgan fingerprint density at radius 3 is 2.50 bits per heavy atom. The quantitative estimate of drug-likeness (QED) is 0.770. The van der Waals surface area contributed by atoms with Gasteiger partial charge < -0.3 is 4.52 Å². The van der Waals surface area contributed by atoms with Crippen LogP contribution in [0, 0.1) is 13.8 Å². The van der Waals surface area contributed by atoms with Crippen molar-refractivity contribution in [2.24, 2.45) is 0 Å². The Labute approximate surface area is 107 Å². The molecule has 0 saturated heterocycles. The van der Waals surface area contributed by atoms with E-state index in [-0.39, 0.29) is 6.61 Å². The van der Waals surface area contributed by atoms with Crippen molar-refractivity contribution in [3.8, 4) is 0 Å². The van der Waals surface area contributed by atoms with E-state index in [2.05, 4.69) is 4.52 Å². The molecular weight excluding hydrogens is 255 g/mol. The highest BCUT2D eigenvalue weighted by Crippen LogP contribution is 2.49. The largest absolute Gasteiger partial charge is 0.532 e. The number of rotatable bonds is 5. The van der Waals surface area contributed by atoms with E-state index in [0.717, 1.165) is 11.1 Å². The van der Waals surface area contributed by atoms with Crippen molar-refractivity contribution in [1.29, 1.82) is 0 Å². The number of hydrogen-bond acceptors (Lipinski definition) is 5. The van der Waals surface area contributed by atoms with Crippen molar-refractivity contribution >= 4 is 13.8 Å². The molecule has 6 heteroatoms. The van der Waals surface area contributed by atoms with Crippen molar-refractivity contribution < 1.29 is 22.9 Å². The molecule has 0 bridgehead atoms. The number of aryl methyl sites for hydroxylation is 2. The maximum atomic E-state index is 11.9. The molecule has 0 aromatic heterocycles. The van der Waals surface area contributed by atoms with Crippen LogP contribution in [-0.2, 0) is 18.1 Å². The highest BCUT2D eigenvalue weighted by atomic mass is 31.2. The molecule has 0 aliphatic carbocycles. The van der Waals surface area contributed by atoms with E-state index in [9.17, 15) is 9.36 Å². The maximum absolute atomic E-state index is 11.9. The molecule has 5 nitrogen and oxygen atoms in total. The van der Waals surface area contributed by atoms with Gasteiger partial charge in [-0.05, 0) is 32.4 Å². The fourth-order valence-corrected chi connectivity index (χ4v) is 2.32. The first kappa shape index (κ1) is 14.9. The summed E-state index contributed by atoms with van der Waals surface area (Å²) in [5.41, 5.74) is 2.13. The SMILES string of the molecule is CCOP(=O)(OC)OC(=O)c1ccc(C)cc1C. The Morgan fingerprint density at radius 2 is 2.00 bits per heavy atom. The fraction of sp³-hybridized carbons (Fsp3) is 0.417. The summed E-state index contributed by atoms with van der Waals surface area (Å²) < 4.78 is 26.1. The first-order chi connectivity index (χ1) is 8.41. The third kappa shape index (κ3) is 3.67. The van der Waals surface area contributed by atoms with Crippen molar-refractivity contribution in [1.82, 2.24) is 0 Å². The average Bonchev–Trinajstić information content (AvgIpc) is 2.28. The van der Waals surface area contributed by atoms with Crippen LogP contribution in [0.1, 0.15) is 28.4 Å². The van der Waals surface area contributed by atoms with Crippen LogP contribution in [0.4, 0.5) is 0 Å². The molecule has 0 aliphatic heterocycles. The maximum Gasteiger partial charge on any atom is 0.532 e. The predicted molar refractivity (Wildman–Crippen MR) is 67.6 cm³/mol. The van der Waals surface area contributed by atoms with Gasteiger partial charge in [-0.15, -0.1) is 0 Å². The standard InChI is InChI=1S/C12H17O5P/c1-5-16-18(14,15-4)17-12(13)11-7-6-9(2)8-10(11)3/h6-8H,5H2,1-4H3. The topological polar surface area (TPSA) is 61.8 Å². The monoisotopic (exact) mass is 272 g/mol. The minimum absolute atomic E-state index is 0.130. The second-order valence-corrected chi connectivity index (χ2v) is 5.45. The van der Waals surface area contributed by atoms with E-state index in [1.165, 1.54) is 7.11 Å². The van der Waals surface area contributed by atoms with E-state index >= 15 is 0 Å². The summed E-state index contributed by atoms with van der Waals surface area (Å²) in [7, 11) is -2.63. The molecule has 0 spiro atoms. The molecule has 100 valence electrons. The molecule has 0 aliphatic rings. The summed E-state index contributed by atoms with van der Waals surface area (Å²) in [6.45, 7) is 5.46. The van der Waals surface area contributed by atoms with Gasteiger partial charge in [-0.2, -0.15) is 0 Å². The molecule has 1 rings (SSSR count). The van der Waals surface area contributed by atoms with Crippen LogP contribution in [0.3, 0.4) is 0 Å². The van der Waals surface area contributed by atoms with Crippen LogP contribution < -0.4 is 0 Å². The molecule has 1 aromatic carbocycles. The summed E-state index contributed by atoms with van der Waals surface area (Å²) in [6.07, 6.45) is 0. The highest BCUT2D eigenvalue weighted by Gasteiger charge is 2.30. The smallest absolute Gasteiger partial charge is 0.367 e. The molecule has 0 amide bonds. The van der Waals surface area contributed by atoms with Crippen LogP contribution in [0.2, 0.25) is 0 Å². The lowest BCUT2D eigenvalue weighted by atomic mass is 10.1. The first-order valence-electron chi connectivity index (χ1n) is 5.53. The normalized spacial score (nSPS) is 14.0. The van der Waals surface area contributed by atoms with Crippen LogP contribution in [0.25, 0.3) is 0 Å². The number of phosphoric acid groups is 1. The van der Waals surface area contributed by atoms with Crippen molar-refractivity contribution in [2.45, 2.75) is 20.8 Å². The Hall–Kier alpha value is -1.16. The van der Waals surface area contributed by atoms with Crippen LogP contribution in [0.15, 0.2) is 18.2 Å². The zero-order valence-electron chi connectivity index (χ0n) is 10.9. The van der Waals surface area contributed by atoms with E-state index in [1.807, 2.05) is 13.0 Å². The summed E-state index contributed by atoms with van der Waals surface area (Å²) in [5.74, 6) is -0.717. The lowest BCUT2D eigenvalue weighted by molar-refractivity contribution is 0.0624. The Balaban J connectivity index is 2.91. The van der Waals surface area contributed by atoms with Gasteiger partial charge >= 0.3 is 13.8 Å². The van der Waals surface area contributed by atoms with Gasteiger partial charge in [-0.3, -0.25) is 9.05 Å². The molecular formula is C12H17O5P. The van der Waals surface area contributed by atoms with E-state index < -0.39 is 13.8 Å². The minimum atomic E-state index is -3.80.